The van der Waals surface area contributed by atoms with E-state index in [1.807, 2.05) is 13.8 Å². The normalized spacial score (nSPS) is 14.6. The van der Waals surface area contributed by atoms with Gasteiger partial charge >= 0.3 is 5.97 Å². The maximum absolute atomic E-state index is 13.0. The Labute approximate surface area is 189 Å². The first-order chi connectivity index (χ1) is 15.6. The van der Waals surface area contributed by atoms with Gasteiger partial charge in [0.05, 0.1) is 16.1 Å². The molecule has 0 spiro atoms. The fourth-order valence-corrected chi connectivity index (χ4v) is 3.52. The zero-order chi connectivity index (χ0) is 24.3. The van der Waals surface area contributed by atoms with Crippen molar-refractivity contribution in [3.05, 3.63) is 69.8 Å². The molecule has 0 saturated heterocycles. The highest BCUT2D eigenvalue weighted by molar-refractivity contribution is 6.22. The molecule has 0 fully saturated rings. The molecule has 0 bridgehead atoms. The van der Waals surface area contributed by atoms with Crippen molar-refractivity contribution in [2.24, 2.45) is 5.92 Å². The molecule has 0 saturated carbocycles. The number of hydrogen-bond acceptors (Lipinski definition) is 7. The number of nitrogens with zero attached hydrogens (tertiary/aromatic N) is 2. The van der Waals surface area contributed by atoms with Crippen LogP contribution in [0.3, 0.4) is 0 Å². The van der Waals surface area contributed by atoms with Gasteiger partial charge in [-0.3, -0.25) is 29.4 Å². The number of benzene rings is 2. The van der Waals surface area contributed by atoms with Crippen molar-refractivity contribution in [2.45, 2.75) is 39.3 Å². The van der Waals surface area contributed by atoms with Crippen molar-refractivity contribution >= 4 is 35.1 Å². The number of carbonyl (C=O) groups is 4. The van der Waals surface area contributed by atoms with E-state index in [4.69, 9.17) is 4.74 Å². The Bertz CT molecular complexity index is 1090. The molecule has 3 amide bonds. The van der Waals surface area contributed by atoms with E-state index in [2.05, 4.69) is 5.32 Å². The molecular weight excluding hydrogens is 430 g/mol. The molecule has 10 nitrogen and oxygen atoms in total. The van der Waals surface area contributed by atoms with E-state index in [-0.39, 0.29) is 34.8 Å². The predicted octanol–water partition coefficient (Wildman–Crippen LogP) is 3.18. The lowest BCUT2D eigenvalue weighted by Crippen LogP contribution is -2.48. The largest absolute Gasteiger partial charge is 0.451 e. The van der Waals surface area contributed by atoms with Gasteiger partial charge in [-0.25, -0.2) is 4.79 Å². The van der Waals surface area contributed by atoms with Crippen LogP contribution in [0.1, 0.15) is 47.9 Å². The van der Waals surface area contributed by atoms with Gasteiger partial charge in [-0.2, -0.15) is 0 Å². The maximum atomic E-state index is 13.0. The summed E-state index contributed by atoms with van der Waals surface area (Å²) in [6.45, 7) is 4.95. The summed E-state index contributed by atoms with van der Waals surface area (Å²) >= 11 is 0. The number of imide groups is 1. The van der Waals surface area contributed by atoms with Crippen molar-refractivity contribution < 1.29 is 28.8 Å². The maximum Gasteiger partial charge on any atom is 0.330 e. The average Bonchev–Trinajstić information content (AvgIpc) is 3.02. The summed E-state index contributed by atoms with van der Waals surface area (Å²) in [4.78, 5) is 62.6. The van der Waals surface area contributed by atoms with Crippen LogP contribution in [0.4, 0.5) is 11.4 Å². The van der Waals surface area contributed by atoms with Crippen molar-refractivity contribution in [2.75, 3.05) is 5.32 Å². The highest BCUT2D eigenvalue weighted by Gasteiger charge is 2.44. The Hall–Kier alpha value is -4.08. The Morgan fingerprint density at radius 3 is 2.09 bits per heavy atom. The van der Waals surface area contributed by atoms with Gasteiger partial charge in [-0.05, 0) is 37.5 Å². The van der Waals surface area contributed by atoms with Gasteiger partial charge < -0.3 is 10.1 Å². The molecule has 2 aromatic rings. The molecule has 1 heterocycles. The van der Waals surface area contributed by atoms with Gasteiger partial charge in [-0.1, -0.05) is 38.1 Å². The Morgan fingerprint density at radius 1 is 1.00 bits per heavy atom. The number of anilines is 1. The number of nitro groups is 1. The van der Waals surface area contributed by atoms with E-state index in [0.717, 1.165) is 4.90 Å². The highest BCUT2D eigenvalue weighted by atomic mass is 16.6. The second kappa shape index (κ2) is 9.60. The number of nitrogens with one attached hydrogen (secondary N) is 1. The number of para-hydroxylation sites is 2. The summed E-state index contributed by atoms with van der Waals surface area (Å²) in [6, 6.07) is 10.6. The van der Waals surface area contributed by atoms with Crippen molar-refractivity contribution in [3.63, 3.8) is 0 Å². The lowest BCUT2D eigenvalue weighted by molar-refractivity contribution is -0.383. The van der Waals surface area contributed by atoms with E-state index in [9.17, 15) is 29.3 Å². The van der Waals surface area contributed by atoms with Crippen molar-refractivity contribution in [1.82, 2.24) is 4.90 Å². The lowest BCUT2D eigenvalue weighted by atomic mass is 10.0. The minimum Gasteiger partial charge on any atom is -0.451 e. The number of ether oxygens (including phenoxy) is 1. The molecule has 2 aromatic carbocycles. The summed E-state index contributed by atoms with van der Waals surface area (Å²) in [5.74, 6) is -2.97. The van der Waals surface area contributed by atoms with Crippen molar-refractivity contribution in [3.8, 4) is 0 Å². The second-order valence-electron chi connectivity index (χ2n) is 8.01. The first-order valence-corrected chi connectivity index (χ1v) is 10.3. The minimum absolute atomic E-state index is 0.0468. The van der Waals surface area contributed by atoms with Crippen LogP contribution in [0.15, 0.2) is 48.5 Å². The van der Waals surface area contributed by atoms with Gasteiger partial charge in [-0.15, -0.1) is 0 Å². The average molecular weight is 453 g/mol. The number of carbonyl (C=O) groups excluding carboxylic acids is 4. The van der Waals surface area contributed by atoms with Gasteiger partial charge in [0.1, 0.15) is 11.7 Å². The number of esters is 1. The molecule has 1 aliphatic heterocycles. The van der Waals surface area contributed by atoms with Crippen LogP contribution in [0.25, 0.3) is 0 Å². The molecule has 0 aliphatic carbocycles. The van der Waals surface area contributed by atoms with E-state index in [1.165, 1.54) is 43.3 Å². The first-order valence-electron chi connectivity index (χ1n) is 10.3. The third kappa shape index (κ3) is 4.89. The Balaban J connectivity index is 1.77. The summed E-state index contributed by atoms with van der Waals surface area (Å²) < 4.78 is 5.29. The molecule has 172 valence electrons. The number of rotatable bonds is 8. The summed E-state index contributed by atoms with van der Waals surface area (Å²) in [5.41, 5.74) is 0.0417. The minimum atomic E-state index is -1.33. The molecule has 1 aliphatic rings. The SMILES string of the molecule is CC(C)CC(C(=O)OC(C)C(=O)Nc1ccccc1[N+](=O)[O-])N1C(=O)c2ccccc2C1=O. The molecule has 2 unspecified atom stereocenters. The summed E-state index contributed by atoms with van der Waals surface area (Å²) in [7, 11) is 0. The van der Waals surface area contributed by atoms with Crippen LogP contribution in [0, 0.1) is 16.0 Å². The summed E-state index contributed by atoms with van der Waals surface area (Å²) in [6.07, 6.45) is -1.19. The molecule has 0 aromatic heterocycles. The quantitative estimate of drug-likeness (QED) is 0.281. The molecule has 3 rings (SSSR count). The zero-order valence-corrected chi connectivity index (χ0v) is 18.3. The molecule has 33 heavy (non-hydrogen) atoms. The number of hydrogen-bond donors (Lipinski definition) is 1. The molecule has 10 heteroatoms. The van der Waals surface area contributed by atoms with E-state index in [1.54, 1.807) is 12.1 Å². The highest BCUT2D eigenvalue weighted by Crippen LogP contribution is 2.28. The Kier molecular flexibility index (Phi) is 6.86. The molecule has 1 N–H and O–H groups in total. The van der Waals surface area contributed by atoms with Gasteiger partial charge in [0.15, 0.2) is 6.10 Å². The standard InChI is InChI=1S/C23H23N3O7/c1-13(2)12-19(25-21(28)15-8-4-5-9-16(15)22(25)29)23(30)33-14(3)20(27)24-17-10-6-7-11-18(17)26(31)32/h4-11,13-14,19H,12H2,1-3H3,(H,24,27). The third-order valence-electron chi connectivity index (χ3n) is 5.12. The van der Waals surface area contributed by atoms with E-state index >= 15 is 0 Å². The number of amides is 3. The zero-order valence-electron chi connectivity index (χ0n) is 18.3. The third-order valence-corrected chi connectivity index (χ3v) is 5.12. The van der Waals surface area contributed by atoms with Gasteiger partial charge in [0.25, 0.3) is 23.4 Å². The number of fused-ring (bicyclic) bond motifs is 1. The first kappa shape index (κ1) is 23.6. The monoisotopic (exact) mass is 453 g/mol. The topological polar surface area (TPSA) is 136 Å². The Morgan fingerprint density at radius 2 is 1.55 bits per heavy atom. The smallest absolute Gasteiger partial charge is 0.330 e. The van der Waals surface area contributed by atoms with Crippen LogP contribution in [0.2, 0.25) is 0 Å². The van der Waals surface area contributed by atoms with Crippen LogP contribution in [0.5, 0.6) is 0 Å². The molecular formula is C23H23N3O7. The predicted molar refractivity (Wildman–Crippen MR) is 117 cm³/mol. The fraction of sp³-hybridized carbons (Fsp3) is 0.304. The summed E-state index contributed by atoms with van der Waals surface area (Å²) in [5, 5.41) is 13.5. The van der Waals surface area contributed by atoms with Gasteiger partial charge in [0.2, 0.25) is 0 Å². The second-order valence-corrected chi connectivity index (χ2v) is 8.01. The van der Waals surface area contributed by atoms with Crippen LogP contribution >= 0.6 is 0 Å². The van der Waals surface area contributed by atoms with E-state index < -0.39 is 40.8 Å². The molecule has 2 atom stereocenters. The van der Waals surface area contributed by atoms with Crippen LogP contribution in [-0.2, 0) is 14.3 Å². The molecule has 0 radical (unpaired) electrons. The van der Waals surface area contributed by atoms with Crippen LogP contribution < -0.4 is 5.32 Å². The number of nitro benzene ring substituents is 1. The van der Waals surface area contributed by atoms with E-state index in [0.29, 0.717) is 0 Å². The van der Waals surface area contributed by atoms with Crippen LogP contribution in [-0.4, -0.2) is 45.7 Å². The lowest BCUT2D eigenvalue weighted by Gasteiger charge is -2.27. The van der Waals surface area contributed by atoms with Gasteiger partial charge in [0, 0.05) is 6.07 Å². The van der Waals surface area contributed by atoms with Crippen molar-refractivity contribution in [1.29, 1.82) is 0 Å². The fourth-order valence-electron chi connectivity index (χ4n) is 3.52.